The van der Waals surface area contributed by atoms with E-state index in [1.807, 2.05) is 73.1 Å². The fourth-order valence-corrected chi connectivity index (χ4v) is 5.23. The molecule has 1 saturated heterocycles. The van der Waals surface area contributed by atoms with E-state index in [0.717, 1.165) is 39.7 Å². The van der Waals surface area contributed by atoms with Gasteiger partial charge in [0.05, 0.1) is 42.7 Å². The average molecular weight is 572 g/mol. The van der Waals surface area contributed by atoms with Crippen molar-refractivity contribution in [2.45, 2.75) is 76.7 Å². The number of aliphatic hydroxyl groups is 1. The van der Waals surface area contributed by atoms with E-state index in [1.165, 1.54) is 0 Å². The van der Waals surface area contributed by atoms with E-state index < -0.39 is 12.3 Å². The molecule has 3 atom stereocenters. The van der Waals surface area contributed by atoms with Gasteiger partial charge in [0.15, 0.2) is 6.29 Å². The van der Waals surface area contributed by atoms with Gasteiger partial charge < -0.3 is 29.6 Å². The number of carboxylic acid groups (broad SMARTS) is 1. The first-order chi connectivity index (χ1) is 20.5. The molecule has 3 unspecified atom stereocenters. The minimum absolute atomic E-state index is 0.00648. The number of nitrogens with zero attached hydrogens (tertiary/aromatic N) is 2. The zero-order valence-corrected chi connectivity index (χ0v) is 23.5. The number of benzene rings is 3. The van der Waals surface area contributed by atoms with Gasteiger partial charge in [-0.3, -0.25) is 9.59 Å². The van der Waals surface area contributed by atoms with Crippen LogP contribution in [0.5, 0.6) is 0 Å². The second-order valence-electron chi connectivity index (χ2n) is 10.7. The van der Waals surface area contributed by atoms with Crippen molar-refractivity contribution >= 4 is 22.9 Å². The van der Waals surface area contributed by atoms with E-state index in [4.69, 9.17) is 14.6 Å². The maximum absolute atomic E-state index is 12.2. The average Bonchev–Trinajstić information content (AvgIpc) is 3.42. The van der Waals surface area contributed by atoms with Crippen molar-refractivity contribution in [1.82, 2.24) is 14.9 Å². The third-order valence-electron chi connectivity index (χ3n) is 7.58. The lowest BCUT2D eigenvalue weighted by Gasteiger charge is -2.36. The molecule has 9 heteroatoms. The highest BCUT2D eigenvalue weighted by Gasteiger charge is 2.32. The van der Waals surface area contributed by atoms with Gasteiger partial charge >= 0.3 is 5.97 Å². The smallest absolute Gasteiger partial charge is 0.303 e. The number of aromatic nitrogens is 2. The third kappa shape index (κ3) is 7.82. The van der Waals surface area contributed by atoms with Crippen molar-refractivity contribution in [3.63, 3.8) is 0 Å². The number of amides is 1. The van der Waals surface area contributed by atoms with Crippen LogP contribution in [0.1, 0.15) is 73.2 Å². The van der Waals surface area contributed by atoms with Crippen LogP contribution in [0.4, 0.5) is 0 Å². The maximum atomic E-state index is 12.2. The maximum Gasteiger partial charge on any atom is 0.303 e. The van der Waals surface area contributed by atoms with Crippen LogP contribution >= 0.6 is 0 Å². The molecular formula is C33H37N3O6. The van der Waals surface area contributed by atoms with Gasteiger partial charge in [-0.25, -0.2) is 4.98 Å². The highest BCUT2D eigenvalue weighted by molar-refractivity contribution is 5.76. The van der Waals surface area contributed by atoms with E-state index in [-0.39, 0.29) is 31.1 Å². The van der Waals surface area contributed by atoms with Gasteiger partial charge in [-0.1, -0.05) is 67.1 Å². The number of aliphatic hydroxyl groups excluding tert-OH is 1. The number of unbranched alkanes of at least 4 members (excludes halogenated alkanes) is 2. The van der Waals surface area contributed by atoms with Crippen molar-refractivity contribution < 1.29 is 29.3 Å². The molecule has 0 aliphatic carbocycles. The first kappa shape index (κ1) is 29.4. The summed E-state index contributed by atoms with van der Waals surface area (Å²) >= 11 is 0. The van der Waals surface area contributed by atoms with Crippen LogP contribution in [-0.4, -0.2) is 37.7 Å². The molecule has 3 aromatic carbocycles. The SMILES string of the molecule is O=C(O)CCCCCC(=O)NCc1ccc(C2OC(Cn3cnc4ccccc43)CC(c3ccc(CO)cc3)O2)cc1. The van der Waals surface area contributed by atoms with E-state index in [2.05, 4.69) is 20.9 Å². The number of aliphatic carboxylic acids is 1. The fraction of sp³-hybridized carbons (Fsp3) is 0.364. The molecule has 0 bridgehead atoms. The normalized spacial score (nSPS) is 18.6. The van der Waals surface area contributed by atoms with E-state index >= 15 is 0 Å². The van der Waals surface area contributed by atoms with Gasteiger partial charge in [-0.2, -0.15) is 0 Å². The van der Waals surface area contributed by atoms with Crippen molar-refractivity contribution in [2.24, 2.45) is 0 Å². The third-order valence-corrected chi connectivity index (χ3v) is 7.58. The lowest BCUT2D eigenvalue weighted by atomic mass is 9.99. The van der Waals surface area contributed by atoms with Crippen molar-refractivity contribution in [2.75, 3.05) is 0 Å². The molecule has 0 spiro atoms. The summed E-state index contributed by atoms with van der Waals surface area (Å²) in [4.78, 5) is 27.3. The molecule has 3 N–H and O–H groups in total. The van der Waals surface area contributed by atoms with E-state index in [1.54, 1.807) is 0 Å². The number of para-hydroxylation sites is 2. The van der Waals surface area contributed by atoms with Crippen LogP contribution in [0.3, 0.4) is 0 Å². The molecular weight excluding hydrogens is 534 g/mol. The van der Waals surface area contributed by atoms with E-state index in [9.17, 15) is 14.7 Å². The summed E-state index contributed by atoms with van der Waals surface area (Å²) in [6.45, 7) is 1.04. The number of imidazole rings is 1. The summed E-state index contributed by atoms with van der Waals surface area (Å²) in [7, 11) is 0. The Bertz CT molecular complexity index is 1470. The first-order valence-electron chi connectivity index (χ1n) is 14.5. The highest BCUT2D eigenvalue weighted by Crippen LogP contribution is 2.38. The van der Waals surface area contributed by atoms with Crippen molar-refractivity contribution in [3.05, 3.63) is 101 Å². The van der Waals surface area contributed by atoms with Gasteiger partial charge in [0.2, 0.25) is 5.91 Å². The molecule has 42 heavy (non-hydrogen) atoms. The molecule has 4 aromatic rings. The minimum Gasteiger partial charge on any atom is -0.481 e. The molecule has 5 rings (SSSR count). The standard InChI is InChI=1S/C33H37N3O6/c37-21-24-12-14-25(15-13-24)30-18-27(20-36-22-35-28-6-4-5-7-29(28)36)41-33(42-30)26-16-10-23(11-17-26)19-34-31(38)8-2-1-3-9-32(39)40/h4-7,10-17,22,27,30,33,37H,1-3,8-9,18-21H2,(H,34,38)(H,39,40). The molecule has 1 aliphatic heterocycles. The Morgan fingerprint density at radius 3 is 2.36 bits per heavy atom. The highest BCUT2D eigenvalue weighted by atomic mass is 16.7. The topological polar surface area (TPSA) is 123 Å². The Hall–Kier alpha value is -4.05. The number of carbonyl (C=O) groups excluding carboxylic acids is 1. The molecule has 0 radical (unpaired) electrons. The minimum atomic E-state index is -0.804. The lowest BCUT2D eigenvalue weighted by Crippen LogP contribution is -2.32. The van der Waals surface area contributed by atoms with Crippen molar-refractivity contribution in [3.8, 4) is 0 Å². The van der Waals surface area contributed by atoms with Crippen LogP contribution < -0.4 is 5.32 Å². The molecule has 2 heterocycles. The Kier molecular flexibility index (Phi) is 9.97. The number of fused-ring (bicyclic) bond motifs is 1. The van der Waals surface area contributed by atoms with Gasteiger partial charge in [-0.05, 0) is 41.7 Å². The summed E-state index contributed by atoms with van der Waals surface area (Å²) in [6, 6.07) is 23.7. The molecule has 9 nitrogen and oxygen atoms in total. The van der Waals surface area contributed by atoms with Crippen LogP contribution in [-0.2, 0) is 38.8 Å². The lowest BCUT2D eigenvalue weighted by molar-refractivity contribution is -0.252. The molecule has 220 valence electrons. The second kappa shape index (κ2) is 14.2. The number of rotatable bonds is 13. The number of carbonyl (C=O) groups is 2. The molecule has 1 aromatic heterocycles. The molecule has 1 aliphatic rings. The Morgan fingerprint density at radius 2 is 1.60 bits per heavy atom. The van der Waals surface area contributed by atoms with Crippen LogP contribution in [0.15, 0.2) is 79.1 Å². The zero-order chi connectivity index (χ0) is 29.3. The fourth-order valence-electron chi connectivity index (χ4n) is 5.23. The largest absolute Gasteiger partial charge is 0.481 e. The predicted octanol–water partition coefficient (Wildman–Crippen LogP) is 5.43. The second-order valence-corrected chi connectivity index (χ2v) is 10.7. The summed E-state index contributed by atoms with van der Waals surface area (Å²) in [5.41, 5.74) is 5.73. The number of carboxylic acids is 1. The monoisotopic (exact) mass is 571 g/mol. The quantitative estimate of drug-likeness (QED) is 0.183. The Labute approximate surface area is 245 Å². The zero-order valence-electron chi connectivity index (χ0n) is 23.5. The summed E-state index contributed by atoms with van der Waals surface area (Å²) in [5.74, 6) is -0.847. The number of hydrogen-bond acceptors (Lipinski definition) is 6. The van der Waals surface area contributed by atoms with Gasteiger partial charge in [0, 0.05) is 31.4 Å². The predicted molar refractivity (Wildman–Crippen MR) is 157 cm³/mol. The first-order valence-corrected chi connectivity index (χ1v) is 14.5. The molecule has 1 amide bonds. The number of ether oxygens (including phenoxy) is 2. The molecule has 0 saturated carbocycles. The summed E-state index contributed by atoms with van der Waals surface area (Å²) in [5, 5.41) is 21.1. The van der Waals surface area contributed by atoms with Crippen LogP contribution in [0.2, 0.25) is 0 Å². The van der Waals surface area contributed by atoms with Crippen LogP contribution in [0.25, 0.3) is 11.0 Å². The van der Waals surface area contributed by atoms with E-state index in [0.29, 0.717) is 38.8 Å². The van der Waals surface area contributed by atoms with Gasteiger partial charge in [0.1, 0.15) is 0 Å². The number of hydrogen-bond donors (Lipinski definition) is 3. The number of nitrogens with one attached hydrogen (secondary N) is 1. The molecule has 1 fully saturated rings. The Balaban J connectivity index is 1.23. The van der Waals surface area contributed by atoms with Crippen molar-refractivity contribution in [1.29, 1.82) is 0 Å². The van der Waals surface area contributed by atoms with Gasteiger partial charge in [0.25, 0.3) is 0 Å². The van der Waals surface area contributed by atoms with Gasteiger partial charge in [-0.15, -0.1) is 0 Å². The van der Waals surface area contributed by atoms with Crippen LogP contribution in [0, 0.1) is 0 Å². The summed E-state index contributed by atoms with van der Waals surface area (Å²) < 4.78 is 15.1. The summed E-state index contributed by atoms with van der Waals surface area (Å²) in [6.07, 6.45) is 4.14. The Morgan fingerprint density at radius 1 is 0.881 bits per heavy atom.